The Hall–Kier alpha value is -4.11. The second-order valence-electron chi connectivity index (χ2n) is 14.5. The Balaban J connectivity index is 2.15. The molecule has 1 unspecified atom stereocenters. The molecule has 1 fully saturated rings. The topological polar surface area (TPSA) is 253 Å². The van der Waals surface area contributed by atoms with Crippen molar-refractivity contribution in [2.75, 3.05) is 105 Å². The van der Waals surface area contributed by atoms with Gasteiger partial charge in [-0.1, -0.05) is 35.6 Å². The van der Waals surface area contributed by atoms with Gasteiger partial charge in [0.15, 0.2) is 0 Å². The van der Waals surface area contributed by atoms with Crippen molar-refractivity contribution in [3.8, 4) is 0 Å². The quantitative estimate of drug-likeness (QED) is 0.0345. The predicted octanol–water partition coefficient (Wildman–Crippen LogP) is 1.36. The molecular weight excluding hydrogens is 866 g/mol. The lowest BCUT2D eigenvalue weighted by Crippen LogP contribution is -2.54. The zero-order valence-electron chi connectivity index (χ0n) is 37.1. The van der Waals surface area contributed by atoms with Crippen molar-refractivity contribution in [2.24, 2.45) is 5.92 Å². The molecule has 0 radical (unpaired) electrons. The maximum Gasteiger partial charge on any atom is 0.302 e. The van der Waals surface area contributed by atoms with Gasteiger partial charge in [-0.25, -0.2) is 0 Å². The molecule has 2 atom stereocenters. The van der Waals surface area contributed by atoms with Gasteiger partial charge in [0.1, 0.15) is 19.8 Å². The second-order valence-corrected chi connectivity index (χ2v) is 19.7. The fourth-order valence-corrected chi connectivity index (χ4v) is 7.63. The van der Waals surface area contributed by atoms with E-state index in [9.17, 15) is 38.1 Å². The minimum Gasteiger partial charge on any atom is -0.463 e. The summed E-state index contributed by atoms with van der Waals surface area (Å²) in [7, 11) is 0. The highest BCUT2D eigenvalue weighted by molar-refractivity contribution is 8.56. The van der Waals surface area contributed by atoms with Gasteiger partial charge in [-0.2, -0.15) is 0 Å². The van der Waals surface area contributed by atoms with E-state index in [2.05, 4.69) is 21.3 Å². The van der Waals surface area contributed by atoms with Crippen LogP contribution >= 0.6 is 18.0 Å². The summed E-state index contributed by atoms with van der Waals surface area (Å²) < 4.78 is 49.0. The van der Waals surface area contributed by atoms with E-state index >= 15 is 0 Å². The first-order chi connectivity index (χ1) is 30.1. The van der Waals surface area contributed by atoms with Crippen molar-refractivity contribution in [1.82, 2.24) is 26.2 Å². The minimum atomic E-state index is -2.70. The van der Waals surface area contributed by atoms with E-state index < -0.39 is 48.2 Å². The number of hydrogen-bond donors (Lipinski definition) is 4. The number of esters is 3. The highest BCUT2D eigenvalue weighted by Crippen LogP contribution is 2.56. The van der Waals surface area contributed by atoms with Crippen molar-refractivity contribution in [2.45, 2.75) is 71.6 Å². The van der Waals surface area contributed by atoms with E-state index in [-0.39, 0.29) is 123 Å². The van der Waals surface area contributed by atoms with Crippen LogP contribution < -0.4 is 21.3 Å². The average Bonchev–Trinajstić information content (AvgIpc) is 3.23. The third-order valence-corrected chi connectivity index (χ3v) is 12.9. The summed E-state index contributed by atoms with van der Waals surface area (Å²) in [5.41, 5.74) is 1.54. The Morgan fingerprint density at radius 2 is 1.10 bits per heavy atom. The number of nitrogens with zero attached hydrogens (tertiary/aromatic N) is 1. The van der Waals surface area contributed by atoms with Crippen LogP contribution in [0, 0.1) is 5.92 Å². The van der Waals surface area contributed by atoms with Gasteiger partial charge in [0, 0.05) is 59.5 Å². The van der Waals surface area contributed by atoms with Crippen LogP contribution in [0.15, 0.2) is 24.3 Å². The summed E-state index contributed by atoms with van der Waals surface area (Å²) in [5.74, 6) is -3.00. The SMILES string of the molecule is CSP(C)(=O)OC1CCC(C(=O)NCc2ccc(C[C@@H](C(=O)NCCOCCOC(C)=O)N(CC(=O)NCCOCCOC(C)=O)CC(=O)NCCOCCOC(C)=O)cc2)CC1. The van der Waals surface area contributed by atoms with Crippen LogP contribution in [0.4, 0.5) is 0 Å². The molecule has 1 aliphatic rings. The van der Waals surface area contributed by atoms with Gasteiger partial charge in [0.05, 0.1) is 64.9 Å². The zero-order chi connectivity index (χ0) is 46.5. The first-order valence-electron chi connectivity index (χ1n) is 20.9. The Morgan fingerprint density at radius 1 is 0.651 bits per heavy atom. The van der Waals surface area contributed by atoms with Crippen molar-refractivity contribution >= 4 is 59.5 Å². The number of benzene rings is 1. The Morgan fingerprint density at radius 3 is 1.54 bits per heavy atom. The fraction of sp³-hybridized carbons (Fsp3) is 0.683. The maximum absolute atomic E-state index is 13.9. The summed E-state index contributed by atoms with van der Waals surface area (Å²) >= 11 is 1.22. The molecule has 22 heteroatoms. The lowest BCUT2D eigenvalue weighted by atomic mass is 9.87. The summed E-state index contributed by atoms with van der Waals surface area (Å²) in [4.78, 5) is 88.0. The number of ether oxygens (including phenoxy) is 6. The van der Waals surface area contributed by atoms with E-state index in [1.54, 1.807) is 12.9 Å². The van der Waals surface area contributed by atoms with Crippen LogP contribution in [0.3, 0.4) is 0 Å². The summed E-state index contributed by atoms with van der Waals surface area (Å²) in [6.45, 7) is 3.57. The Bertz CT molecular complexity index is 1590. The van der Waals surface area contributed by atoms with Gasteiger partial charge in [-0.15, -0.1) is 0 Å². The largest absolute Gasteiger partial charge is 0.463 e. The molecule has 1 aromatic carbocycles. The maximum atomic E-state index is 13.9. The normalized spacial score (nSPS) is 16.2. The molecule has 4 amide bonds. The third kappa shape index (κ3) is 26.3. The molecule has 20 nitrogen and oxygen atoms in total. The smallest absolute Gasteiger partial charge is 0.302 e. The molecule has 1 saturated carbocycles. The van der Waals surface area contributed by atoms with Crippen molar-refractivity contribution in [3.63, 3.8) is 0 Å². The average molecular weight is 932 g/mol. The lowest BCUT2D eigenvalue weighted by molar-refractivity contribution is -0.143. The molecular formula is C41H66N5O15PS. The van der Waals surface area contributed by atoms with Gasteiger partial charge in [-0.3, -0.25) is 43.0 Å². The monoisotopic (exact) mass is 931 g/mol. The highest BCUT2D eigenvalue weighted by Gasteiger charge is 2.31. The molecule has 356 valence electrons. The van der Waals surface area contributed by atoms with Gasteiger partial charge >= 0.3 is 17.9 Å². The van der Waals surface area contributed by atoms with Crippen LogP contribution in [0.5, 0.6) is 0 Å². The van der Waals surface area contributed by atoms with Gasteiger partial charge in [0.2, 0.25) is 23.6 Å². The number of hydrogen-bond acceptors (Lipinski definition) is 17. The molecule has 2 rings (SSSR count). The standard InChI is InChI=1S/C41H66N5O15PS/c1-30(47)58-23-20-55-17-14-42-38(50)28-46(29-39(51)43-15-18-56-21-24-59-31(2)48)37(41(53)44-16-19-57-22-25-60-32(3)49)26-33-6-8-34(9-7-33)27-45-40(52)35-10-12-36(13-11-35)61-62(4,54)63-5/h6-9,35-37H,10-29H2,1-5H3,(H,42,50)(H,43,51)(H,44,53)(H,45,52)/t35?,36?,37-,62?/m0/s1. The Labute approximate surface area is 373 Å². The van der Waals surface area contributed by atoms with Crippen LogP contribution in [0.1, 0.15) is 57.6 Å². The molecule has 0 heterocycles. The first-order valence-corrected chi connectivity index (χ1v) is 24.8. The summed E-state index contributed by atoms with van der Waals surface area (Å²) in [6, 6.07) is 6.27. The molecule has 0 spiro atoms. The molecule has 1 aromatic rings. The van der Waals surface area contributed by atoms with Gasteiger partial charge < -0.3 is 54.2 Å². The van der Waals surface area contributed by atoms with Crippen LogP contribution in [-0.4, -0.2) is 164 Å². The van der Waals surface area contributed by atoms with Crippen molar-refractivity contribution in [1.29, 1.82) is 0 Å². The van der Waals surface area contributed by atoms with E-state index in [0.29, 0.717) is 31.2 Å². The number of rotatable bonds is 32. The highest BCUT2D eigenvalue weighted by atomic mass is 32.7. The molecule has 63 heavy (non-hydrogen) atoms. The molecule has 0 bridgehead atoms. The number of carbonyl (C=O) groups is 7. The van der Waals surface area contributed by atoms with Crippen LogP contribution in [0.2, 0.25) is 0 Å². The summed E-state index contributed by atoms with van der Waals surface area (Å²) in [6.07, 6.45) is 4.31. The third-order valence-electron chi connectivity index (χ3n) is 9.35. The number of carbonyl (C=O) groups excluding carboxylic acids is 7. The lowest BCUT2D eigenvalue weighted by Gasteiger charge is -2.30. The first kappa shape index (κ1) is 55.0. The van der Waals surface area contributed by atoms with E-state index in [0.717, 1.165) is 5.56 Å². The molecule has 0 aromatic heterocycles. The molecule has 4 N–H and O–H groups in total. The number of nitrogens with one attached hydrogen (secondary N) is 4. The van der Waals surface area contributed by atoms with Crippen LogP contribution in [-0.2, 0) is 84.0 Å². The van der Waals surface area contributed by atoms with Crippen molar-refractivity contribution in [3.05, 3.63) is 35.4 Å². The Kier molecular flexibility index (Phi) is 27.7. The zero-order valence-corrected chi connectivity index (χ0v) is 38.8. The van der Waals surface area contributed by atoms with Crippen LogP contribution in [0.25, 0.3) is 0 Å². The minimum absolute atomic E-state index is 0.0526. The molecule has 0 saturated heterocycles. The molecule has 1 aliphatic carbocycles. The molecule has 0 aliphatic heterocycles. The predicted molar refractivity (Wildman–Crippen MR) is 233 cm³/mol. The fourth-order valence-electron chi connectivity index (χ4n) is 6.17. The van der Waals surface area contributed by atoms with E-state index in [4.69, 9.17) is 32.9 Å². The number of amides is 4. The van der Waals surface area contributed by atoms with E-state index in [1.165, 1.54) is 37.1 Å². The van der Waals surface area contributed by atoms with Crippen molar-refractivity contribution < 1.29 is 71.1 Å². The second kappa shape index (κ2) is 31.7. The van der Waals surface area contributed by atoms with Gasteiger partial charge in [0.25, 0.3) is 6.57 Å². The van der Waals surface area contributed by atoms with E-state index in [1.807, 2.05) is 24.3 Å². The summed E-state index contributed by atoms with van der Waals surface area (Å²) in [5, 5.41) is 11.3. The van der Waals surface area contributed by atoms with Gasteiger partial charge in [-0.05, 0) is 49.5 Å².